The standard InChI is InChI=1S/C31H41N5O5/c1-7-41-31(39)22-12-14-35(15-13-22)18-21-8-10-23(11-9-21)36-28(33-34-29(36)30(38)32-20(4)5)25-16-24(19(2)3)27(40-6)17-26(25)37/h8-11,16-17,19-20,22,37H,7,12-15,18H2,1-6H3,(H,32,38). The summed E-state index contributed by atoms with van der Waals surface area (Å²) in [5, 5.41) is 22.5. The molecule has 0 unspecified atom stereocenters. The van der Waals surface area contributed by atoms with Crippen molar-refractivity contribution in [1.82, 2.24) is 25.0 Å². The van der Waals surface area contributed by atoms with Crippen molar-refractivity contribution in [3.05, 3.63) is 53.3 Å². The number of piperidine rings is 1. The summed E-state index contributed by atoms with van der Waals surface area (Å²) in [5.74, 6) is 0.705. The van der Waals surface area contributed by atoms with E-state index in [0.717, 1.165) is 43.6 Å². The minimum absolute atomic E-state index is 0.0152. The van der Waals surface area contributed by atoms with Gasteiger partial charge in [-0.3, -0.25) is 19.1 Å². The molecule has 10 heteroatoms. The second kappa shape index (κ2) is 13.2. The maximum atomic E-state index is 13.1. The average molecular weight is 564 g/mol. The number of rotatable bonds is 10. The molecule has 1 fully saturated rings. The van der Waals surface area contributed by atoms with Crippen molar-refractivity contribution in [3.63, 3.8) is 0 Å². The highest BCUT2D eigenvalue weighted by Gasteiger charge is 2.27. The van der Waals surface area contributed by atoms with Crippen LogP contribution in [0, 0.1) is 5.92 Å². The van der Waals surface area contributed by atoms with Crippen molar-refractivity contribution in [2.45, 2.75) is 66.0 Å². The number of likely N-dealkylation sites (tertiary alicyclic amines) is 1. The van der Waals surface area contributed by atoms with Gasteiger partial charge >= 0.3 is 5.97 Å². The van der Waals surface area contributed by atoms with E-state index in [1.54, 1.807) is 17.7 Å². The SMILES string of the molecule is CCOC(=O)C1CCN(Cc2ccc(-n3c(C(=O)NC(C)C)nnc3-c3cc(C(C)C)c(OC)cc3O)cc2)CC1. The Morgan fingerprint density at radius 3 is 2.34 bits per heavy atom. The second-order valence-electron chi connectivity index (χ2n) is 11.0. The third-order valence-electron chi connectivity index (χ3n) is 7.31. The predicted molar refractivity (Wildman–Crippen MR) is 156 cm³/mol. The van der Waals surface area contributed by atoms with Gasteiger partial charge in [0.1, 0.15) is 11.5 Å². The Morgan fingerprint density at radius 2 is 1.76 bits per heavy atom. The molecule has 10 nitrogen and oxygen atoms in total. The zero-order valence-electron chi connectivity index (χ0n) is 24.8. The van der Waals surface area contributed by atoms with Crippen molar-refractivity contribution >= 4 is 11.9 Å². The number of aromatic hydroxyl groups is 1. The van der Waals surface area contributed by atoms with Gasteiger partial charge in [-0.15, -0.1) is 10.2 Å². The number of phenols is 1. The van der Waals surface area contributed by atoms with Crippen LogP contribution in [-0.2, 0) is 16.1 Å². The fraction of sp³-hybridized carbons (Fsp3) is 0.484. The van der Waals surface area contributed by atoms with Crippen LogP contribution in [0.5, 0.6) is 11.5 Å². The third kappa shape index (κ3) is 6.87. The Hall–Kier alpha value is -3.92. The van der Waals surface area contributed by atoms with Gasteiger partial charge < -0.3 is 19.9 Å². The number of ether oxygens (including phenoxy) is 2. The Kier molecular flexibility index (Phi) is 9.65. The molecule has 1 amide bonds. The van der Waals surface area contributed by atoms with Crippen molar-refractivity contribution in [2.24, 2.45) is 5.92 Å². The lowest BCUT2D eigenvalue weighted by Crippen LogP contribution is -2.36. The first kappa shape index (κ1) is 30.0. The molecular formula is C31H41N5O5. The molecule has 2 aromatic carbocycles. The molecule has 0 spiro atoms. The number of carbonyl (C=O) groups is 2. The van der Waals surface area contributed by atoms with E-state index in [1.165, 1.54) is 0 Å². The van der Waals surface area contributed by atoms with Crippen molar-refractivity contribution in [2.75, 3.05) is 26.8 Å². The summed E-state index contributed by atoms with van der Waals surface area (Å²) in [6.07, 6.45) is 1.58. The molecule has 1 saturated heterocycles. The summed E-state index contributed by atoms with van der Waals surface area (Å²) in [6, 6.07) is 11.2. The first-order valence-electron chi connectivity index (χ1n) is 14.3. The smallest absolute Gasteiger partial charge is 0.309 e. The molecule has 0 bridgehead atoms. The van der Waals surface area contributed by atoms with E-state index in [9.17, 15) is 14.7 Å². The van der Waals surface area contributed by atoms with Gasteiger partial charge in [0.2, 0.25) is 5.82 Å². The van der Waals surface area contributed by atoms with Gasteiger partial charge in [-0.1, -0.05) is 26.0 Å². The number of aromatic nitrogens is 3. The minimum atomic E-state index is -0.357. The van der Waals surface area contributed by atoms with Crippen LogP contribution in [0.3, 0.4) is 0 Å². The van der Waals surface area contributed by atoms with Crippen molar-refractivity contribution in [3.8, 4) is 28.6 Å². The molecule has 220 valence electrons. The van der Waals surface area contributed by atoms with Crippen LogP contribution < -0.4 is 10.1 Å². The van der Waals surface area contributed by atoms with Crippen LogP contribution >= 0.6 is 0 Å². The number of carbonyl (C=O) groups excluding carboxylic acids is 2. The van der Waals surface area contributed by atoms with Crippen LogP contribution in [0.2, 0.25) is 0 Å². The Labute approximate surface area is 241 Å². The molecule has 0 radical (unpaired) electrons. The van der Waals surface area contributed by atoms with E-state index in [1.807, 2.05) is 65.0 Å². The number of nitrogens with one attached hydrogen (secondary N) is 1. The Balaban J connectivity index is 1.64. The Bertz CT molecular complexity index is 1360. The molecule has 1 aromatic heterocycles. The number of hydrogen-bond acceptors (Lipinski definition) is 8. The molecule has 2 heterocycles. The summed E-state index contributed by atoms with van der Waals surface area (Å²) in [4.78, 5) is 27.6. The lowest BCUT2D eigenvalue weighted by molar-refractivity contribution is -0.149. The highest BCUT2D eigenvalue weighted by molar-refractivity contribution is 5.92. The number of methoxy groups -OCH3 is 1. The topological polar surface area (TPSA) is 119 Å². The van der Waals surface area contributed by atoms with E-state index >= 15 is 0 Å². The lowest BCUT2D eigenvalue weighted by atomic mass is 9.96. The largest absolute Gasteiger partial charge is 0.507 e. The summed E-state index contributed by atoms with van der Waals surface area (Å²) in [7, 11) is 1.57. The van der Waals surface area contributed by atoms with Gasteiger partial charge in [-0.2, -0.15) is 0 Å². The summed E-state index contributed by atoms with van der Waals surface area (Å²) in [6.45, 7) is 12.5. The van der Waals surface area contributed by atoms with E-state index in [-0.39, 0.29) is 41.3 Å². The highest BCUT2D eigenvalue weighted by atomic mass is 16.5. The van der Waals surface area contributed by atoms with Gasteiger partial charge in [0.15, 0.2) is 5.82 Å². The quantitative estimate of drug-likeness (QED) is 0.341. The number of phenolic OH excluding ortho intramolecular Hbond substituents is 1. The minimum Gasteiger partial charge on any atom is -0.507 e. The summed E-state index contributed by atoms with van der Waals surface area (Å²) < 4.78 is 12.4. The molecule has 0 saturated carbocycles. The van der Waals surface area contributed by atoms with Crippen molar-refractivity contribution in [1.29, 1.82) is 0 Å². The van der Waals surface area contributed by atoms with Gasteiger partial charge in [0.05, 0.1) is 25.2 Å². The number of nitrogens with zero attached hydrogens (tertiary/aromatic N) is 4. The van der Waals surface area contributed by atoms with Crippen LogP contribution in [0.1, 0.15) is 75.1 Å². The van der Waals surface area contributed by atoms with E-state index in [2.05, 4.69) is 20.4 Å². The van der Waals surface area contributed by atoms with E-state index in [0.29, 0.717) is 29.4 Å². The molecule has 41 heavy (non-hydrogen) atoms. The molecular weight excluding hydrogens is 522 g/mol. The van der Waals surface area contributed by atoms with Gasteiger partial charge in [0.25, 0.3) is 5.91 Å². The fourth-order valence-corrected chi connectivity index (χ4v) is 5.17. The van der Waals surface area contributed by atoms with Gasteiger partial charge in [-0.05, 0) is 81.9 Å². The number of esters is 1. The molecule has 3 aromatic rings. The van der Waals surface area contributed by atoms with Crippen molar-refractivity contribution < 1.29 is 24.2 Å². The van der Waals surface area contributed by atoms with E-state index in [4.69, 9.17) is 9.47 Å². The van der Waals surface area contributed by atoms with Crippen LogP contribution in [0.15, 0.2) is 36.4 Å². The van der Waals surface area contributed by atoms with Gasteiger partial charge in [-0.25, -0.2) is 0 Å². The highest BCUT2D eigenvalue weighted by Crippen LogP contribution is 2.38. The van der Waals surface area contributed by atoms with Crippen LogP contribution in [0.25, 0.3) is 17.1 Å². The third-order valence-corrected chi connectivity index (χ3v) is 7.31. The first-order valence-corrected chi connectivity index (χ1v) is 14.3. The zero-order valence-corrected chi connectivity index (χ0v) is 24.8. The number of benzene rings is 2. The summed E-state index contributed by atoms with van der Waals surface area (Å²) >= 11 is 0. The molecule has 0 aliphatic carbocycles. The lowest BCUT2D eigenvalue weighted by Gasteiger charge is -2.30. The molecule has 2 N–H and O–H groups in total. The maximum Gasteiger partial charge on any atom is 0.309 e. The van der Waals surface area contributed by atoms with Gasteiger partial charge in [0, 0.05) is 24.3 Å². The number of amides is 1. The Morgan fingerprint density at radius 1 is 1.07 bits per heavy atom. The molecule has 1 aliphatic heterocycles. The zero-order chi connectivity index (χ0) is 29.7. The number of hydrogen-bond donors (Lipinski definition) is 2. The molecule has 4 rings (SSSR count). The van der Waals surface area contributed by atoms with Crippen LogP contribution in [-0.4, -0.2) is 69.5 Å². The van der Waals surface area contributed by atoms with Crippen LogP contribution in [0.4, 0.5) is 0 Å². The average Bonchev–Trinajstić information content (AvgIpc) is 3.38. The normalized spacial score (nSPS) is 14.4. The first-order chi connectivity index (χ1) is 19.6. The predicted octanol–water partition coefficient (Wildman–Crippen LogP) is 4.69. The van der Waals surface area contributed by atoms with E-state index < -0.39 is 0 Å². The summed E-state index contributed by atoms with van der Waals surface area (Å²) in [5.41, 5.74) is 3.18. The molecule has 0 atom stereocenters. The molecule has 1 aliphatic rings. The fourth-order valence-electron chi connectivity index (χ4n) is 5.17. The second-order valence-corrected chi connectivity index (χ2v) is 11.0. The monoisotopic (exact) mass is 563 g/mol. The maximum absolute atomic E-state index is 13.1.